The number of rotatable bonds is 2. The molecule has 0 aliphatic rings. The van der Waals surface area contributed by atoms with Crippen molar-refractivity contribution in [2.24, 2.45) is 0 Å². The molecule has 0 aromatic heterocycles. The van der Waals surface area contributed by atoms with E-state index in [-0.39, 0.29) is 0 Å². The molecule has 0 saturated heterocycles. The Labute approximate surface area is 86.8 Å². The predicted octanol–water partition coefficient (Wildman–Crippen LogP) is 0.844. The summed E-state index contributed by atoms with van der Waals surface area (Å²) in [4.78, 5) is 15.4. The topological polar surface area (TPSA) is 80.5 Å². The number of carbonyl (C=O) groups excluding carboxylic acids is 1. The lowest BCUT2D eigenvalue weighted by Gasteiger charge is -2.12. The van der Waals surface area contributed by atoms with E-state index in [1.165, 1.54) is 18.0 Å². The van der Waals surface area contributed by atoms with Gasteiger partial charge in [-0.2, -0.15) is 5.26 Å². The van der Waals surface area contributed by atoms with Gasteiger partial charge in [-0.15, -0.1) is 4.79 Å². The summed E-state index contributed by atoms with van der Waals surface area (Å²) in [5.41, 5.74) is 8.49. The second-order valence-electron chi connectivity index (χ2n) is 2.76. The molecule has 0 N–H and O–H groups in total. The van der Waals surface area contributed by atoms with Gasteiger partial charge in [-0.25, -0.2) is 0 Å². The molecule has 0 radical (unpaired) electrons. The molecule has 0 heterocycles. The lowest BCUT2D eigenvalue weighted by molar-refractivity contribution is -0.116. The molecule has 1 rings (SSSR count). The predicted molar refractivity (Wildman–Crippen MR) is 54.1 cm³/mol. The molecule has 5 heteroatoms. The van der Waals surface area contributed by atoms with E-state index in [1.807, 2.05) is 6.07 Å². The molecule has 0 aliphatic carbocycles. The minimum absolute atomic E-state index is 0.540. The first-order valence-corrected chi connectivity index (χ1v) is 4.16. The van der Waals surface area contributed by atoms with Crippen LogP contribution in [0.1, 0.15) is 0 Å². The minimum atomic E-state index is -0.647. The van der Waals surface area contributed by atoms with Gasteiger partial charge in [0.25, 0.3) is 0 Å². The van der Waals surface area contributed by atoms with Gasteiger partial charge < -0.3 is 10.4 Å². The number of nitrogens with zero attached hydrogens (tertiary/aromatic N) is 4. The van der Waals surface area contributed by atoms with Gasteiger partial charge >= 0.3 is 11.6 Å². The van der Waals surface area contributed by atoms with E-state index in [0.717, 1.165) is 0 Å². The van der Waals surface area contributed by atoms with Crippen molar-refractivity contribution in [3.63, 3.8) is 0 Å². The third-order valence-electron chi connectivity index (χ3n) is 1.86. The fourth-order valence-corrected chi connectivity index (χ4v) is 1.04. The number of hydrogen-bond acceptors (Lipinski definition) is 2. The third-order valence-corrected chi connectivity index (χ3v) is 1.86. The maximum Gasteiger partial charge on any atom is 0.455 e. The standard InChI is InChI=1S/C10H8N4O/c1-14(8-5-3-2-4-6-8)10(15)9(7-11)13-12/h2-6H,1H3. The number of anilines is 1. The van der Waals surface area contributed by atoms with Crippen LogP contribution in [0.5, 0.6) is 0 Å². The van der Waals surface area contributed by atoms with Crippen molar-refractivity contribution >= 4 is 17.3 Å². The summed E-state index contributed by atoms with van der Waals surface area (Å²) in [6, 6.07) is 10.3. The highest BCUT2D eigenvalue weighted by Gasteiger charge is 2.24. The maximum atomic E-state index is 11.5. The molecule has 15 heavy (non-hydrogen) atoms. The second-order valence-corrected chi connectivity index (χ2v) is 2.76. The van der Waals surface area contributed by atoms with E-state index < -0.39 is 11.6 Å². The van der Waals surface area contributed by atoms with Gasteiger partial charge in [-0.3, -0.25) is 4.79 Å². The Morgan fingerprint density at radius 1 is 1.47 bits per heavy atom. The number of nitriles is 1. The largest absolute Gasteiger partial charge is 0.455 e. The van der Waals surface area contributed by atoms with Gasteiger partial charge in [0, 0.05) is 12.7 Å². The first-order valence-electron chi connectivity index (χ1n) is 4.16. The lowest BCUT2D eigenvalue weighted by Crippen LogP contribution is -2.32. The van der Waals surface area contributed by atoms with E-state index in [9.17, 15) is 4.79 Å². The molecule has 0 unspecified atom stereocenters. The Kier molecular flexibility index (Phi) is 3.33. The fourth-order valence-electron chi connectivity index (χ4n) is 1.04. The van der Waals surface area contributed by atoms with Crippen molar-refractivity contribution in [3.8, 4) is 6.07 Å². The lowest BCUT2D eigenvalue weighted by atomic mass is 10.2. The molecule has 5 nitrogen and oxygen atoms in total. The quantitative estimate of drug-likeness (QED) is 0.402. The van der Waals surface area contributed by atoms with Crippen molar-refractivity contribution in [3.05, 3.63) is 35.9 Å². The first-order chi connectivity index (χ1) is 7.20. The normalized spacial score (nSPS) is 8.53. The molecule has 1 aromatic carbocycles. The van der Waals surface area contributed by atoms with Gasteiger partial charge in [0.1, 0.15) is 0 Å². The minimum Gasteiger partial charge on any atom is -0.360 e. The highest BCUT2D eigenvalue weighted by atomic mass is 16.2. The zero-order chi connectivity index (χ0) is 11.3. The number of carbonyl (C=O) groups is 1. The molecule has 0 fully saturated rings. The molecular formula is C10H8N4O. The molecule has 0 saturated carbocycles. The van der Waals surface area contributed by atoms with Crippen LogP contribution < -0.4 is 4.90 Å². The first kappa shape index (κ1) is 10.6. The number of hydrogen-bond donors (Lipinski definition) is 0. The van der Waals surface area contributed by atoms with Crippen LogP contribution in [-0.2, 0) is 4.79 Å². The Balaban J connectivity index is 2.98. The van der Waals surface area contributed by atoms with Crippen molar-refractivity contribution in [2.75, 3.05) is 11.9 Å². The summed E-state index contributed by atoms with van der Waals surface area (Å²) in [6.07, 6.45) is 0. The summed E-state index contributed by atoms with van der Waals surface area (Å²) in [5.74, 6) is -0.647. The monoisotopic (exact) mass is 200 g/mol. The zero-order valence-electron chi connectivity index (χ0n) is 8.08. The van der Waals surface area contributed by atoms with Crippen LogP contribution in [0.4, 0.5) is 5.69 Å². The number of amides is 1. The number of para-hydroxylation sites is 1. The summed E-state index contributed by atoms with van der Waals surface area (Å²) in [6.45, 7) is 0. The smallest absolute Gasteiger partial charge is 0.360 e. The fraction of sp³-hybridized carbons (Fsp3) is 0.100. The Morgan fingerprint density at radius 3 is 2.53 bits per heavy atom. The second kappa shape index (κ2) is 4.70. The van der Waals surface area contributed by atoms with Gasteiger partial charge in [0.15, 0.2) is 6.07 Å². The van der Waals surface area contributed by atoms with Crippen LogP contribution in [0.25, 0.3) is 5.53 Å². The van der Waals surface area contributed by atoms with E-state index in [2.05, 4.69) is 4.79 Å². The van der Waals surface area contributed by atoms with Gasteiger partial charge in [-0.05, 0) is 12.1 Å². The van der Waals surface area contributed by atoms with Crippen LogP contribution >= 0.6 is 0 Å². The Bertz CT molecular complexity index is 454. The van der Waals surface area contributed by atoms with Crippen LogP contribution in [0.15, 0.2) is 30.3 Å². The third kappa shape index (κ3) is 2.27. The average molecular weight is 200 g/mol. The zero-order valence-corrected chi connectivity index (χ0v) is 8.08. The van der Waals surface area contributed by atoms with Gasteiger partial charge in [0.05, 0.1) is 0 Å². The van der Waals surface area contributed by atoms with Gasteiger partial charge in [-0.1, -0.05) is 18.2 Å². The van der Waals surface area contributed by atoms with E-state index in [1.54, 1.807) is 24.3 Å². The molecule has 0 spiro atoms. The Hall–Kier alpha value is -2.44. The molecule has 1 amide bonds. The molecule has 0 bridgehead atoms. The summed E-state index contributed by atoms with van der Waals surface area (Å²) < 4.78 is 0. The van der Waals surface area contributed by atoms with Crippen LogP contribution in [-0.4, -0.2) is 23.5 Å². The summed E-state index contributed by atoms with van der Waals surface area (Å²) >= 11 is 0. The van der Waals surface area contributed by atoms with Crippen molar-refractivity contribution in [1.29, 1.82) is 5.26 Å². The Morgan fingerprint density at radius 2 is 2.07 bits per heavy atom. The summed E-state index contributed by atoms with van der Waals surface area (Å²) in [7, 11) is 1.50. The average Bonchev–Trinajstić information content (AvgIpc) is 2.30. The number of benzene rings is 1. The maximum absolute atomic E-state index is 11.5. The van der Waals surface area contributed by atoms with Crippen molar-refractivity contribution in [2.45, 2.75) is 0 Å². The van der Waals surface area contributed by atoms with E-state index in [4.69, 9.17) is 10.8 Å². The molecule has 0 aliphatic heterocycles. The highest BCUT2D eigenvalue weighted by molar-refractivity contribution is 6.46. The van der Waals surface area contributed by atoms with Crippen LogP contribution in [0, 0.1) is 11.3 Å². The van der Waals surface area contributed by atoms with Crippen molar-refractivity contribution < 1.29 is 9.58 Å². The molecule has 0 atom stereocenters. The van der Waals surface area contributed by atoms with E-state index >= 15 is 0 Å². The van der Waals surface area contributed by atoms with E-state index in [0.29, 0.717) is 5.69 Å². The van der Waals surface area contributed by atoms with Crippen LogP contribution in [0.3, 0.4) is 0 Å². The summed E-state index contributed by atoms with van der Waals surface area (Å²) in [5, 5.41) is 8.50. The van der Waals surface area contributed by atoms with Crippen molar-refractivity contribution in [1.82, 2.24) is 0 Å². The van der Waals surface area contributed by atoms with Gasteiger partial charge in [0.2, 0.25) is 0 Å². The molecule has 1 aromatic rings. The SMILES string of the molecule is CN(C(=O)C(C#N)=[N+]=[N-])c1ccccc1. The highest BCUT2D eigenvalue weighted by Crippen LogP contribution is 2.10. The molecular weight excluding hydrogens is 192 g/mol. The van der Waals surface area contributed by atoms with Crippen LogP contribution in [0.2, 0.25) is 0 Å². The molecule has 74 valence electrons.